The first-order chi connectivity index (χ1) is 11.5. The lowest BCUT2D eigenvalue weighted by atomic mass is 9.97. The van der Waals surface area contributed by atoms with E-state index in [0.717, 1.165) is 24.1 Å². The molecule has 0 radical (unpaired) electrons. The summed E-state index contributed by atoms with van der Waals surface area (Å²) in [6.07, 6.45) is 5.21. The Hall–Kier alpha value is -2.34. The van der Waals surface area contributed by atoms with Crippen molar-refractivity contribution >= 4 is 6.03 Å². The lowest BCUT2D eigenvalue weighted by Crippen LogP contribution is -2.52. The molecule has 2 aromatic rings. The highest BCUT2D eigenvalue weighted by atomic mass is 16.3. The third-order valence-corrected chi connectivity index (χ3v) is 4.05. The summed E-state index contributed by atoms with van der Waals surface area (Å²) in [4.78, 5) is 12.2. The van der Waals surface area contributed by atoms with E-state index in [4.69, 9.17) is 0 Å². The molecule has 6 nitrogen and oxygen atoms in total. The van der Waals surface area contributed by atoms with Gasteiger partial charge in [0.05, 0.1) is 23.9 Å². The molecule has 2 amide bonds. The second-order valence-corrected chi connectivity index (χ2v) is 6.33. The molecule has 130 valence electrons. The minimum atomic E-state index is -0.602. The van der Waals surface area contributed by atoms with Gasteiger partial charge in [0, 0.05) is 12.4 Å². The van der Waals surface area contributed by atoms with Gasteiger partial charge in [0.15, 0.2) is 0 Å². The number of benzene rings is 1. The standard InChI is InChI=1S/C18H26N4O2/c1-4-9-18(3,13-23)21-17(24)20-14(2)15-7-5-8-16(12-15)22-11-6-10-19-22/h5-8,10-12,14,23H,4,9,13H2,1-3H3,(H2,20,21,24). The Morgan fingerprint density at radius 3 is 2.83 bits per heavy atom. The number of nitrogens with one attached hydrogen (secondary N) is 2. The maximum atomic E-state index is 12.2. The van der Waals surface area contributed by atoms with Gasteiger partial charge in [-0.3, -0.25) is 0 Å². The van der Waals surface area contributed by atoms with Gasteiger partial charge in [-0.1, -0.05) is 25.5 Å². The summed E-state index contributed by atoms with van der Waals surface area (Å²) in [5, 5.41) is 19.5. The van der Waals surface area contributed by atoms with Gasteiger partial charge >= 0.3 is 6.03 Å². The third-order valence-electron chi connectivity index (χ3n) is 4.05. The van der Waals surface area contributed by atoms with Gasteiger partial charge in [0.1, 0.15) is 0 Å². The Bertz CT molecular complexity index is 657. The van der Waals surface area contributed by atoms with Crippen LogP contribution in [0.15, 0.2) is 42.7 Å². The van der Waals surface area contributed by atoms with E-state index in [1.807, 2.05) is 57.3 Å². The number of amides is 2. The fourth-order valence-corrected chi connectivity index (χ4v) is 2.68. The van der Waals surface area contributed by atoms with Gasteiger partial charge in [0.2, 0.25) is 0 Å². The summed E-state index contributed by atoms with van der Waals surface area (Å²) in [5.74, 6) is 0. The van der Waals surface area contributed by atoms with Crippen LogP contribution in [0.25, 0.3) is 5.69 Å². The van der Waals surface area contributed by atoms with Crippen LogP contribution in [-0.4, -0.2) is 33.1 Å². The van der Waals surface area contributed by atoms with E-state index in [0.29, 0.717) is 0 Å². The lowest BCUT2D eigenvalue weighted by molar-refractivity contribution is 0.162. The van der Waals surface area contributed by atoms with Crippen molar-refractivity contribution in [1.29, 1.82) is 0 Å². The highest BCUT2D eigenvalue weighted by Crippen LogP contribution is 2.17. The second-order valence-electron chi connectivity index (χ2n) is 6.33. The summed E-state index contributed by atoms with van der Waals surface area (Å²) in [7, 11) is 0. The summed E-state index contributed by atoms with van der Waals surface area (Å²) < 4.78 is 1.78. The summed E-state index contributed by atoms with van der Waals surface area (Å²) in [6, 6.07) is 9.29. The Balaban J connectivity index is 2.03. The zero-order valence-corrected chi connectivity index (χ0v) is 14.5. The SMILES string of the molecule is CCCC(C)(CO)NC(=O)NC(C)c1cccc(-n2cccn2)c1. The zero-order valence-electron chi connectivity index (χ0n) is 14.5. The summed E-state index contributed by atoms with van der Waals surface area (Å²) in [6.45, 7) is 5.71. The van der Waals surface area contributed by atoms with Crippen LogP contribution in [0.1, 0.15) is 45.2 Å². The van der Waals surface area contributed by atoms with Crippen molar-refractivity contribution in [3.05, 3.63) is 48.3 Å². The van der Waals surface area contributed by atoms with Crippen molar-refractivity contribution < 1.29 is 9.90 Å². The van der Waals surface area contributed by atoms with Crippen LogP contribution in [0, 0.1) is 0 Å². The molecule has 2 atom stereocenters. The van der Waals surface area contributed by atoms with Crippen LogP contribution in [0.4, 0.5) is 4.79 Å². The van der Waals surface area contributed by atoms with E-state index in [1.165, 1.54) is 0 Å². The number of aliphatic hydroxyl groups is 1. The van der Waals surface area contributed by atoms with Crippen molar-refractivity contribution in [2.24, 2.45) is 0 Å². The molecule has 0 aliphatic carbocycles. The van der Waals surface area contributed by atoms with E-state index < -0.39 is 5.54 Å². The Morgan fingerprint density at radius 1 is 1.42 bits per heavy atom. The monoisotopic (exact) mass is 330 g/mol. The number of carbonyl (C=O) groups is 1. The molecule has 6 heteroatoms. The predicted molar refractivity (Wildman–Crippen MR) is 94.0 cm³/mol. The van der Waals surface area contributed by atoms with Crippen molar-refractivity contribution in [3.8, 4) is 5.69 Å². The van der Waals surface area contributed by atoms with Crippen LogP contribution >= 0.6 is 0 Å². The lowest BCUT2D eigenvalue weighted by Gasteiger charge is -2.29. The number of aromatic nitrogens is 2. The maximum Gasteiger partial charge on any atom is 0.315 e. The fraction of sp³-hybridized carbons (Fsp3) is 0.444. The predicted octanol–water partition coefficient (Wildman–Crippen LogP) is 2.78. The highest BCUT2D eigenvalue weighted by molar-refractivity contribution is 5.75. The number of nitrogens with zero attached hydrogens (tertiary/aromatic N) is 2. The Kier molecular flexibility index (Phi) is 5.98. The first-order valence-electron chi connectivity index (χ1n) is 8.27. The number of urea groups is 1. The van der Waals surface area contributed by atoms with Crippen LogP contribution in [0.5, 0.6) is 0 Å². The number of hydrogen-bond acceptors (Lipinski definition) is 3. The topological polar surface area (TPSA) is 79.2 Å². The molecule has 0 bridgehead atoms. The van der Waals surface area contributed by atoms with Gasteiger partial charge < -0.3 is 15.7 Å². The molecule has 24 heavy (non-hydrogen) atoms. The number of hydrogen-bond donors (Lipinski definition) is 3. The molecule has 3 N–H and O–H groups in total. The van der Waals surface area contributed by atoms with Crippen LogP contribution in [0.3, 0.4) is 0 Å². The summed E-state index contributed by atoms with van der Waals surface area (Å²) in [5.41, 5.74) is 1.33. The molecule has 0 saturated heterocycles. The largest absolute Gasteiger partial charge is 0.394 e. The smallest absolute Gasteiger partial charge is 0.315 e. The van der Waals surface area contributed by atoms with Crippen LogP contribution < -0.4 is 10.6 Å². The number of rotatable bonds is 7. The fourth-order valence-electron chi connectivity index (χ4n) is 2.68. The van der Waals surface area contributed by atoms with E-state index in [9.17, 15) is 9.90 Å². The molecule has 2 rings (SSSR count). The molecule has 0 aliphatic rings. The van der Waals surface area contributed by atoms with Crippen molar-refractivity contribution in [2.75, 3.05) is 6.61 Å². The van der Waals surface area contributed by atoms with Gasteiger partial charge in [0.25, 0.3) is 0 Å². The van der Waals surface area contributed by atoms with Gasteiger partial charge in [-0.2, -0.15) is 5.10 Å². The van der Waals surface area contributed by atoms with E-state index in [-0.39, 0.29) is 18.7 Å². The molecule has 1 aromatic heterocycles. The average Bonchev–Trinajstić information content (AvgIpc) is 3.09. The second kappa shape index (κ2) is 7.97. The van der Waals surface area contributed by atoms with E-state index in [2.05, 4.69) is 15.7 Å². The van der Waals surface area contributed by atoms with Crippen LogP contribution in [-0.2, 0) is 0 Å². The molecule has 1 aromatic carbocycles. The third kappa shape index (κ3) is 4.58. The van der Waals surface area contributed by atoms with Crippen molar-refractivity contribution in [1.82, 2.24) is 20.4 Å². The van der Waals surface area contributed by atoms with Gasteiger partial charge in [-0.05, 0) is 44.0 Å². The van der Waals surface area contributed by atoms with Crippen LogP contribution in [0.2, 0.25) is 0 Å². The number of aliphatic hydroxyl groups excluding tert-OH is 1. The minimum Gasteiger partial charge on any atom is -0.394 e. The normalized spacial score (nSPS) is 14.7. The zero-order chi connectivity index (χ0) is 17.6. The molecule has 1 heterocycles. The number of carbonyl (C=O) groups excluding carboxylic acids is 1. The van der Waals surface area contributed by atoms with E-state index in [1.54, 1.807) is 10.9 Å². The minimum absolute atomic E-state index is 0.0859. The van der Waals surface area contributed by atoms with Crippen molar-refractivity contribution in [2.45, 2.75) is 45.2 Å². The van der Waals surface area contributed by atoms with Gasteiger partial charge in [-0.15, -0.1) is 0 Å². The molecular formula is C18H26N4O2. The first kappa shape index (κ1) is 18.0. The highest BCUT2D eigenvalue weighted by Gasteiger charge is 2.25. The maximum absolute atomic E-state index is 12.2. The molecule has 2 unspecified atom stereocenters. The average molecular weight is 330 g/mol. The first-order valence-corrected chi connectivity index (χ1v) is 8.27. The molecular weight excluding hydrogens is 304 g/mol. The molecule has 0 aliphatic heterocycles. The summed E-state index contributed by atoms with van der Waals surface area (Å²) >= 11 is 0. The molecule has 0 fully saturated rings. The molecule has 0 spiro atoms. The molecule has 0 saturated carbocycles. The Labute approximate surface area is 142 Å². The quantitative estimate of drug-likeness (QED) is 0.730. The van der Waals surface area contributed by atoms with E-state index >= 15 is 0 Å². The van der Waals surface area contributed by atoms with Crippen molar-refractivity contribution in [3.63, 3.8) is 0 Å². The van der Waals surface area contributed by atoms with Gasteiger partial charge in [-0.25, -0.2) is 9.48 Å². The Morgan fingerprint density at radius 2 is 2.21 bits per heavy atom.